The highest BCUT2D eigenvalue weighted by Crippen LogP contribution is 2.23. The molecule has 1 amide bonds. The molecule has 0 spiro atoms. The zero-order chi connectivity index (χ0) is 20.3. The van der Waals surface area contributed by atoms with Crippen LogP contribution in [0.3, 0.4) is 0 Å². The molecule has 28 heavy (non-hydrogen) atoms. The van der Waals surface area contributed by atoms with E-state index >= 15 is 0 Å². The number of hydrogen-bond acceptors (Lipinski definition) is 6. The number of halogens is 1. The summed E-state index contributed by atoms with van der Waals surface area (Å²) in [6, 6.07) is 1.81. The number of nitrogens with one attached hydrogen (secondary N) is 2. The molecule has 0 radical (unpaired) electrons. The summed E-state index contributed by atoms with van der Waals surface area (Å²) in [6.07, 6.45) is 3.04. The number of aromatic nitrogens is 4. The highest BCUT2D eigenvalue weighted by molar-refractivity contribution is 5.68. The van der Waals surface area contributed by atoms with E-state index < -0.39 is 11.4 Å². The van der Waals surface area contributed by atoms with Gasteiger partial charge in [-0.1, -0.05) is 0 Å². The van der Waals surface area contributed by atoms with Gasteiger partial charge in [0.2, 0.25) is 5.95 Å². The molecule has 1 aliphatic heterocycles. The van der Waals surface area contributed by atoms with Gasteiger partial charge in [0, 0.05) is 24.8 Å². The number of carbonyl (C=O) groups excluding carboxylic acids is 1. The number of amides is 1. The fraction of sp³-hybridized carbons (Fsp3) is 0.579. The molecule has 1 atom stereocenters. The molecular weight excluding hydrogens is 363 g/mol. The second kappa shape index (κ2) is 8.12. The van der Waals surface area contributed by atoms with Gasteiger partial charge < -0.3 is 15.0 Å². The third kappa shape index (κ3) is 5.40. The summed E-state index contributed by atoms with van der Waals surface area (Å²) < 4.78 is 19.7. The summed E-state index contributed by atoms with van der Waals surface area (Å²) in [7, 11) is 0. The monoisotopic (exact) mass is 390 g/mol. The standard InChI is InChI=1S/C19H27FN6O2/c1-12-8-16(25-24-12)23-17-21-10-14(20)15(22-17)9-13-6-5-7-26(11-13)18(27)28-19(2,3)4/h8,10,13H,5-7,9,11H2,1-4H3,(H2,21,22,23,24,25)/t13-/m1/s1. The number of rotatable bonds is 4. The summed E-state index contributed by atoms with van der Waals surface area (Å²) in [5, 5.41) is 9.86. The molecule has 0 aromatic carbocycles. The van der Waals surface area contributed by atoms with Crippen LogP contribution in [0.5, 0.6) is 0 Å². The van der Waals surface area contributed by atoms with E-state index in [2.05, 4.69) is 25.5 Å². The molecule has 2 aromatic rings. The van der Waals surface area contributed by atoms with E-state index in [1.54, 1.807) is 4.90 Å². The van der Waals surface area contributed by atoms with E-state index in [0.717, 1.165) is 18.5 Å². The highest BCUT2D eigenvalue weighted by atomic mass is 19.1. The average Bonchev–Trinajstić information content (AvgIpc) is 3.01. The number of aryl methyl sites for hydroxylation is 1. The van der Waals surface area contributed by atoms with Crippen molar-refractivity contribution in [3.8, 4) is 0 Å². The maximum absolute atomic E-state index is 14.3. The summed E-state index contributed by atoms with van der Waals surface area (Å²) in [5.41, 5.74) is 0.698. The van der Waals surface area contributed by atoms with Crippen LogP contribution < -0.4 is 5.32 Å². The van der Waals surface area contributed by atoms with Crippen molar-refractivity contribution in [2.24, 2.45) is 5.92 Å². The molecular formula is C19H27FN6O2. The zero-order valence-corrected chi connectivity index (χ0v) is 16.8. The maximum Gasteiger partial charge on any atom is 0.410 e. The fourth-order valence-corrected chi connectivity index (χ4v) is 3.20. The Hall–Kier alpha value is -2.71. The quantitative estimate of drug-likeness (QED) is 0.828. The van der Waals surface area contributed by atoms with E-state index in [1.165, 1.54) is 6.20 Å². The largest absolute Gasteiger partial charge is 0.444 e. The Bertz CT molecular complexity index is 832. The van der Waals surface area contributed by atoms with Crippen LogP contribution in [0.4, 0.5) is 21.0 Å². The minimum atomic E-state index is -0.534. The van der Waals surface area contributed by atoms with Crippen molar-refractivity contribution < 1.29 is 13.9 Å². The van der Waals surface area contributed by atoms with E-state index in [1.807, 2.05) is 33.8 Å². The lowest BCUT2D eigenvalue weighted by atomic mass is 9.93. The molecule has 1 aliphatic rings. The van der Waals surface area contributed by atoms with E-state index in [-0.39, 0.29) is 12.0 Å². The first-order chi connectivity index (χ1) is 13.2. The maximum atomic E-state index is 14.3. The van der Waals surface area contributed by atoms with Gasteiger partial charge in [-0.05, 0) is 52.9 Å². The zero-order valence-electron chi connectivity index (χ0n) is 16.8. The molecule has 8 nitrogen and oxygen atoms in total. The molecule has 0 saturated carbocycles. The second-order valence-electron chi connectivity index (χ2n) is 8.19. The fourth-order valence-electron chi connectivity index (χ4n) is 3.20. The molecule has 1 fully saturated rings. The number of nitrogens with zero attached hydrogens (tertiary/aromatic N) is 4. The van der Waals surface area contributed by atoms with Crippen molar-refractivity contribution in [3.63, 3.8) is 0 Å². The smallest absolute Gasteiger partial charge is 0.410 e. The van der Waals surface area contributed by atoms with Crippen molar-refractivity contribution in [2.75, 3.05) is 18.4 Å². The lowest BCUT2D eigenvalue weighted by Gasteiger charge is -2.34. The van der Waals surface area contributed by atoms with Crippen LogP contribution in [0.2, 0.25) is 0 Å². The Labute approximate surface area is 163 Å². The van der Waals surface area contributed by atoms with Crippen LogP contribution >= 0.6 is 0 Å². The third-order valence-corrected chi connectivity index (χ3v) is 4.42. The number of anilines is 2. The van der Waals surface area contributed by atoms with Crippen LogP contribution in [-0.4, -0.2) is 49.8 Å². The number of hydrogen-bond donors (Lipinski definition) is 2. The Kier molecular flexibility index (Phi) is 5.81. The first kappa shape index (κ1) is 20.0. The van der Waals surface area contributed by atoms with Crippen molar-refractivity contribution >= 4 is 17.9 Å². The second-order valence-corrected chi connectivity index (χ2v) is 8.19. The Morgan fingerprint density at radius 2 is 2.25 bits per heavy atom. The number of carbonyl (C=O) groups is 1. The van der Waals surface area contributed by atoms with Gasteiger partial charge >= 0.3 is 6.09 Å². The third-order valence-electron chi connectivity index (χ3n) is 4.42. The molecule has 9 heteroatoms. The van der Waals surface area contributed by atoms with Crippen LogP contribution in [0.1, 0.15) is 45.0 Å². The molecule has 0 unspecified atom stereocenters. The lowest BCUT2D eigenvalue weighted by molar-refractivity contribution is 0.0165. The van der Waals surface area contributed by atoms with Gasteiger partial charge in [-0.15, -0.1) is 0 Å². The van der Waals surface area contributed by atoms with Crippen LogP contribution in [-0.2, 0) is 11.2 Å². The molecule has 3 rings (SSSR count). The van der Waals surface area contributed by atoms with Gasteiger partial charge in [-0.2, -0.15) is 5.10 Å². The molecule has 1 saturated heterocycles. The number of ether oxygens (including phenoxy) is 1. The van der Waals surface area contributed by atoms with Gasteiger partial charge in [0.05, 0.1) is 11.9 Å². The topological polar surface area (TPSA) is 96.0 Å². The Morgan fingerprint density at radius 3 is 2.93 bits per heavy atom. The van der Waals surface area contributed by atoms with Crippen molar-refractivity contribution in [1.29, 1.82) is 0 Å². The number of likely N-dealkylation sites (tertiary alicyclic amines) is 1. The molecule has 152 valence electrons. The lowest BCUT2D eigenvalue weighted by Crippen LogP contribution is -2.43. The van der Waals surface area contributed by atoms with Gasteiger partial charge in [0.15, 0.2) is 11.6 Å². The molecule has 2 N–H and O–H groups in total. The van der Waals surface area contributed by atoms with E-state index in [4.69, 9.17) is 4.74 Å². The summed E-state index contributed by atoms with van der Waals surface area (Å²) in [4.78, 5) is 22.3. The van der Waals surface area contributed by atoms with E-state index in [0.29, 0.717) is 37.0 Å². The Morgan fingerprint density at radius 1 is 1.46 bits per heavy atom. The first-order valence-electron chi connectivity index (χ1n) is 9.48. The number of aromatic amines is 1. The summed E-state index contributed by atoms with van der Waals surface area (Å²) in [6.45, 7) is 8.60. The minimum absolute atomic E-state index is 0.117. The normalized spacial score (nSPS) is 17.5. The molecule has 2 aromatic heterocycles. The van der Waals surface area contributed by atoms with Crippen molar-refractivity contribution in [2.45, 2.75) is 52.6 Å². The summed E-state index contributed by atoms with van der Waals surface area (Å²) in [5.74, 6) is 0.538. The van der Waals surface area contributed by atoms with Crippen molar-refractivity contribution in [1.82, 2.24) is 25.1 Å². The van der Waals surface area contributed by atoms with Gasteiger partial charge in [-0.25, -0.2) is 19.2 Å². The van der Waals surface area contributed by atoms with Gasteiger partial charge in [0.1, 0.15) is 5.60 Å². The van der Waals surface area contributed by atoms with Gasteiger partial charge in [-0.3, -0.25) is 5.10 Å². The van der Waals surface area contributed by atoms with Crippen LogP contribution in [0.25, 0.3) is 0 Å². The first-order valence-corrected chi connectivity index (χ1v) is 9.48. The van der Waals surface area contributed by atoms with Gasteiger partial charge in [0.25, 0.3) is 0 Å². The van der Waals surface area contributed by atoms with Crippen LogP contribution in [0.15, 0.2) is 12.3 Å². The molecule has 3 heterocycles. The number of H-pyrrole nitrogens is 1. The average molecular weight is 390 g/mol. The summed E-state index contributed by atoms with van der Waals surface area (Å²) >= 11 is 0. The molecule has 0 bridgehead atoms. The number of piperidine rings is 1. The predicted molar refractivity (Wildman–Crippen MR) is 103 cm³/mol. The van der Waals surface area contributed by atoms with Crippen molar-refractivity contribution in [3.05, 3.63) is 29.5 Å². The van der Waals surface area contributed by atoms with E-state index in [9.17, 15) is 9.18 Å². The SMILES string of the molecule is Cc1cc(Nc2ncc(F)c(C[C@H]3CCCN(C(=O)OC(C)(C)C)C3)n2)n[nH]1. The predicted octanol–water partition coefficient (Wildman–Crippen LogP) is 3.58. The molecule has 0 aliphatic carbocycles. The Balaban J connectivity index is 1.65. The van der Waals surface area contributed by atoms with Crippen LogP contribution in [0, 0.1) is 18.7 Å². The highest BCUT2D eigenvalue weighted by Gasteiger charge is 2.28. The minimum Gasteiger partial charge on any atom is -0.444 e.